The average Bonchev–Trinajstić information content (AvgIpc) is 3.51. The van der Waals surface area contributed by atoms with Gasteiger partial charge in [0.25, 0.3) is 0 Å². The van der Waals surface area contributed by atoms with E-state index >= 15 is 0 Å². The lowest BCUT2D eigenvalue weighted by Crippen LogP contribution is -2.28. The van der Waals surface area contributed by atoms with Gasteiger partial charge in [0, 0.05) is 43.5 Å². The molecule has 2 unspecified atom stereocenters. The fourth-order valence-corrected chi connectivity index (χ4v) is 4.23. The first-order valence-corrected chi connectivity index (χ1v) is 11.3. The zero-order valence-electron chi connectivity index (χ0n) is 19.7. The van der Waals surface area contributed by atoms with Crippen molar-refractivity contribution in [3.05, 3.63) is 36.4 Å². The number of carbonyl (C=O) groups is 2. The lowest BCUT2D eigenvalue weighted by atomic mass is 10.1. The number of anilines is 2. The Hall–Kier alpha value is -3.46. The summed E-state index contributed by atoms with van der Waals surface area (Å²) < 4.78 is 27.5. The van der Waals surface area contributed by atoms with Crippen LogP contribution in [-0.4, -0.2) is 59.0 Å². The predicted octanol–water partition coefficient (Wildman–Crippen LogP) is 3.26. The Kier molecular flexibility index (Phi) is 7.42. The number of rotatable bonds is 9. The number of benzene rings is 2. The highest BCUT2D eigenvalue weighted by Crippen LogP contribution is 2.42. The molecule has 2 heterocycles. The monoisotopic (exact) mass is 470 g/mol. The predicted molar refractivity (Wildman–Crippen MR) is 126 cm³/mol. The van der Waals surface area contributed by atoms with Crippen LogP contribution >= 0.6 is 0 Å². The average molecular weight is 471 g/mol. The van der Waals surface area contributed by atoms with E-state index in [0.29, 0.717) is 41.0 Å². The van der Waals surface area contributed by atoms with Crippen molar-refractivity contribution in [3.8, 4) is 23.0 Å². The molecular formula is C25H30N2O7. The molecule has 0 aromatic heterocycles. The molecule has 2 fully saturated rings. The molecule has 182 valence electrons. The summed E-state index contributed by atoms with van der Waals surface area (Å²) in [6.07, 6.45) is 2.27. The van der Waals surface area contributed by atoms with Gasteiger partial charge in [-0.15, -0.1) is 0 Å². The number of hydrogen-bond donors (Lipinski definition) is 1. The van der Waals surface area contributed by atoms with Gasteiger partial charge < -0.3 is 33.9 Å². The van der Waals surface area contributed by atoms with Gasteiger partial charge in [-0.1, -0.05) is 6.07 Å². The molecule has 0 spiro atoms. The summed E-state index contributed by atoms with van der Waals surface area (Å²) in [5, 5.41) is 2.91. The number of nitrogens with zero attached hydrogens (tertiary/aromatic N) is 1. The molecule has 2 atom stereocenters. The van der Waals surface area contributed by atoms with Gasteiger partial charge in [-0.05, 0) is 25.0 Å². The number of ether oxygens (including phenoxy) is 5. The van der Waals surface area contributed by atoms with Crippen LogP contribution in [0.2, 0.25) is 0 Å². The molecule has 1 N–H and O–H groups in total. The molecule has 9 heteroatoms. The molecule has 0 saturated carbocycles. The van der Waals surface area contributed by atoms with Crippen molar-refractivity contribution in [1.29, 1.82) is 0 Å². The lowest BCUT2D eigenvalue weighted by molar-refractivity contribution is -0.122. The van der Waals surface area contributed by atoms with E-state index < -0.39 is 5.92 Å². The molecule has 2 saturated heterocycles. The van der Waals surface area contributed by atoms with E-state index in [2.05, 4.69) is 5.32 Å². The molecule has 2 amide bonds. The summed E-state index contributed by atoms with van der Waals surface area (Å²) in [7, 11) is 4.55. The van der Waals surface area contributed by atoms with E-state index in [-0.39, 0.29) is 30.9 Å². The van der Waals surface area contributed by atoms with Gasteiger partial charge in [0.1, 0.15) is 12.4 Å². The number of methoxy groups -OCH3 is 3. The van der Waals surface area contributed by atoms with Gasteiger partial charge in [-0.2, -0.15) is 0 Å². The van der Waals surface area contributed by atoms with E-state index in [0.717, 1.165) is 19.4 Å². The fraction of sp³-hybridized carbons (Fsp3) is 0.440. The Morgan fingerprint density at radius 2 is 1.88 bits per heavy atom. The summed E-state index contributed by atoms with van der Waals surface area (Å²) >= 11 is 0. The van der Waals surface area contributed by atoms with Crippen LogP contribution in [0.3, 0.4) is 0 Å². The minimum absolute atomic E-state index is 0.109. The summed E-state index contributed by atoms with van der Waals surface area (Å²) in [5.41, 5.74) is 1.20. The molecule has 9 nitrogen and oxygen atoms in total. The molecule has 2 aromatic carbocycles. The van der Waals surface area contributed by atoms with Crippen molar-refractivity contribution in [1.82, 2.24) is 0 Å². The lowest BCUT2D eigenvalue weighted by Gasteiger charge is -2.20. The first-order valence-electron chi connectivity index (χ1n) is 11.3. The zero-order valence-corrected chi connectivity index (χ0v) is 19.7. The maximum Gasteiger partial charge on any atom is 0.229 e. The van der Waals surface area contributed by atoms with Crippen LogP contribution in [0, 0.1) is 5.92 Å². The van der Waals surface area contributed by atoms with Crippen molar-refractivity contribution >= 4 is 23.2 Å². The van der Waals surface area contributed by atoms with E-state index in [1.807, 2.05) is 12.1 Å². The molecule has 2 aromatic rings. The Balaban J connectivity index is 1.41. The van der Waals surface area contributed by atoms with Gasteiger partial charge in [0.05, 0.1) is 39.0 Å². The number of nitrogens with one attached hydrogen (secondary N) is 1. The van der Waals surface area contributed by atoms with Crippen LogP contribution < -0.4 is 29.2 Å². The fourth-order valence-electron chi connectivity index (χ4n) is 4.23. The zero-order chi connectivity index (χ0) is 24.1. The van der Waals surface area contributed by atoms with Crippen molar-refractivity contribution in [3.63, 3.8) is 0 Å². The van der Waals surface area contributed by atoms with Crippen molar-refractivity contribution < 1.29 is 33.3 Å². The Labute approximate surface area is 198 Å². The molecule has 0 radical (unpaired) electrons. The van der Waals surface area contributed by atoms with Crippen molar-refractivity contribution in [2.24, 2.45) is 5.92 Å². The molecule has 0 bridgehead atoms. The quantitative estimate of drug-likeness (QED) is 0.601. The molecule has 34 heavy (non-hydrogen) atoms. The molecule has 2 aliphatic rings. The van der Waals surface area contributed by atoms with Crippen LogP contribution in [0.1, 0.15) is 19.3 Å². The standard InChI is InChI=1S/C25H30N2O7/c1-30-21-12-18(13-22(31-2)24(21)32-3)27-14-16(10-23(27)28)25(29)26-17-6-4-7-19(11-17)34-15-20-8-5-9-33-20/h4,6-7,11-13,16,20H,5,8-10,14-15H2,1-3H3,(H,26,29). The summed E-state index contributed by atoms with van der Waals surface area (Å²) in [4.78, 5) is 27.3. The van der Waals surface area contributed by atoms with Crippen molar-refractivity contribution in [2.75, 3.05) is 51.3 Å². The summed E-state index contributed by atoms with van der Waals surface area (Å²) in [6, 6.07) is 10.6. The molecule has 4 rings (SSSR count). The number of carbonyl (C=O) groups excluding carboxylic acids is 2. The van der Waals surface area contributed by atoms with E-state index in [4.69, 9.17) is 23.7 Å². The second kappa shape index (κ2) is 10.6. The van der Waals surface area contributed by atoms with Gasteiger partial charge >= 0.3 is 0 Å². The highest BCUT2D eigenvalue weighted by molar-refractivity contribution is 6.03. The maximum atomic E-state index is 12.9. The minimum Gasteiger partial charge on any atom is -0.493 e. The Morgan fingerprint density at radius 1 is 1.12 bits per heavy atom. The number of hydrogen-bond acceptors (Lipinski definition) is 7. The Bertz CT molecular complexity index is 1010. The van der Waals surface area contributed by atoms with Crippen LogP contribution in [-0.2, 0) is 14.3 Å². The van der Waals surface area contributed by atoms with Gasteiger partial charge in [0.15, 0.2) is 11.5 Å². The first kappa shape index (κ1) is 23.7. The molecule has 2 aliphatic heterocycles. The van der Waals surface area contributed by atoms with Gasteiger partial charge in [-0.25, -0.2) is 0 Å². The third-order valence-electron chi connectivity index (χ3n) is 6.02. The Morgan fingerprint density at radius 3 is 2.53 bits per heavy atom. The smallest absolute Gasteiger partial charge is 0.229 e. The third-order valence-corrected chi connectivity index (χ3v) is 6.02. The van der Waals surface area contributed by atoms with E-state index in [9.17, 15) is 9.59 Å². The molecule has 0 aliphatic carbocycles. The summed E-state index contributed by atoms with van der Waals surface area (Å²) in [6.45, 7) is 1.51. The van der Waals surface area contributed by atoms with Gasteiger partial charge in [-0.3, -0.25) is 9.59 Å². The van der Waals surface area contributed by atoms with Gasteiger partial charge in [0.2, 0.25) is 17.6 Å². The van der Waals surface area contributed by atoms with E-state index in [1.165, 1.54) is 21.3 Å². The maximum absolute atomic E-state index is 12.9. The second-order valence-corrected chi connectivity index (χ2v) is 8.25. The van der Waals surface area contributed by atoms with Crippen molar-refractivity contribution in [2.45, 2.75) is 25.4 Å². The van der Waals surface area contributed by atoms with Crippen LogP contribution in [0.5, 0.6) is 23.0 Å². The van der Waals surface area contributed by atoms with Crippen LogP contribution in [0.25, 0.3) is 0 Å². The third kappa shape index (κ3) is 5.20. The topological polar surface area (TPSA) is 95.6 Å². The SMILES string of the molecule is COc1cc(N2CC(C(=O)Nc3cccc(OCC4CCCO4)c3)CC2=O)cc(OC)c1OC. The first-order chi connectivity index (χ1) is 16.5. The molecular weight excluding hydrogens is 440 g/mol. The van der Waals surface area contributed by atoms with E-state index in [1.54, 1.807) is 29.2 Å². The van der Waals surface area contributed by atoms with Crippen LogP contribution in [0.4, 0.5) is 11.4 Å². The minimum atomic E-state index is -0.497. The normalized spacial score (nSPS) is 19.7. The second-order valence-electron chi connectivity index (χ2n) is 8.25. The highest BCUT2D eigenvalue weighted by atomic mass is 16.5. The number of amides is 2. The largest absolute Gasteiger partial charge is 0.493 e. The highest BCUT2D eigenvalue weighted by Gasteiger charge is 2.36. The van der Waals surface area contributed by atoms with Crippen LogP contribution in [0.15, 0.2) is 36.4 Å². The summed E-state index contributed by atoms with van der Waals surface area (Å²) in [5.74, 6) is 1.12.